The second-order valence-corrected chi connectivity index (χ2v) is 6.47. The van der Waals surface area contributed by atoms with Crippen molar-refractivity contribution in [2.75, 3.05) is 34.4 Å². The molecule has 144 valence electrons. The molecular formula is C20H26N3O4+. The lowest BCUT2D eigenvalue weighted by Crippen LogP contribution is -3.06. The van der Waals surface area contributed by atoms with Crippen LogP contribution >= 0.6 is 0 Å². The molecule has 0 aromatic heterocycles. The average molecular weight is 372 g/mol. The van der Waals surface area contributed by atoms with E-state index in [0.717, 1.165) is 12.1 Å². The van der Waals surface area contributed by atoms with Crippen LogP contribution in [0, 0.1) is 0 Å². The number of carbonyl (C=O) groups is 2. The van der Waals surface area contributed by atoms with Gasteiger partial charge in [0.2, 0.25) is 0 Å². The van der Waals surface area contributed by atoms with Crippen molar-refractivity contribution in [3.63, 3.8) is 0 Å². The van der Waals surface area contributed by atoms with Crippen LogP contribution in [0.2, 0.25) is 0 Å². The average Bonchev–Trinajstić information content (AvgIpc) is 2.65. The number of quaternary nitrogens is 1. The number of amides is 2. The van der Waals surface area contributed by atoms with Crippen molar-refractivity contribution in [3.05, 3.63) is 59.7 Å². The maximum Gasteiger partial charge on any atom is 0.255 e. The number of likely N-dealkylation sites (N-methyl/N-ethyl adjacent to an activating group) is 1. The molecule has 0 unspecified atom stereocenters. The Bertz CT molecular complexity index is 778. The lowest BCUT2D eigenvalue weighted by atomic mass is 10.1. The lowest BCUT2D eigenvalue weighted by molar-refractivity contribution is -0.860. The van der Waals surface area contributed by atoms with Crippen LogP contribution in [0.1, 0.15) is 22.0 Å². The van der Waals surface area contributed by atoms with Gasteiger partial charge in [-0.05, 0) is 23.8 Å². The highest BCUT2D eigenvalue weighted by Gasteiger charge is 2.19. The maximum absolute atomic E-state index is 12.8. The standard InChI is InChI=1S/C20H25N3O4/c1-23(2)12-16(14-7-5-4-6-8-14)22-20(25)15-9-10-17(18(11-15)26-3)27-13-19(21)24/h4-11,16H,12-13H2,1-3H3,(H2,21,24)(H,22,25)/p+1/t16-/m1/s1. The van der Waals surface area contributed by atoms with Crippen molar-refractivity contribution in [2.45, 2.75) is 6.04 Å². The topological polar surface area (TPSA) is 95.1 Å². The summed E-state index contributed by atoms with van der Waals surface area (Å²) in [6.45, 7) is 0.482. The maximum atomic E-state index is 12.8. The van der Waals surface area contributed by atoms with Gasteiger partial charge in [0.25, 0.3) is 11.8 Å². The molecule has 0 aliphatic carbocycles. The van der Waals surface area contributed by atoms with E-state index in [-0.39, 0.29) is 18.6 Å². The second kappa shape index (κ2) is 9.59. The second-order valence-electron chi connectivity index (χ2n) is 6.47. The quantitative estimate of drug-likeness (QED) is 0.585. The van der Waals surface area contributed by atoms with E-state index in [2.05, 4.69) is 5.32 Å². The largest absolute Gasteiger partial charge is 0.493 e. The normalized spacial score (nSPS) is 11.7. The third kappa shape index (κ3) is 6.00. The van der Waals surface area contributed by atoms with Crippen molar-refractivity contribution >= 4 is 11.8 Å². The molecule has 7 heteroatoms. The number of benzene rings is 2. The molecule has 2 aromatic rings. The van der Waals surface area contributed by atoms with Crippen LogP contribution in [0.25, 0.3) is 0 Å². The first kappa shape index (κ1) is 20.3. The van der Waals surface area contributed by atoms with Gasteiger partial charge in [0, 0.05) is 5.56 Å². The van der Waals surface area contributed by atoms with Crippen molar-refractivity contribution in [2.24, 2.45) is 5.73 Å². The van der Waals surface area contributed by atoms with Gasteiger partial charge in [0.05, 0.1) is 21.2 Å². The molecule has 0 aliphatic rings. The van der Waals surface area contributed by atoms with E-state index >= 15 is 0 Å². The third-order valence-electron chi connectivity index (χ3n) is 3.92. The van der Waals surface area contributed by atoms with Gasteiger partial charge in [-0.25, -0.2) is 0 Å². The fourth-order valence-electron chi connectivity index (χ4n) is 2.66. The molecule has 4 N–H and O–H groups in total. The van der Waals surface area contributed by atoms with E-state index in [1.54, 1.807) is 18.2 Å². The van der Waals surface area contributed by atoms with Gasteiger partial charge < -0.3 is 25.4 Å². The van der Waals surface area contributed by atoms with E-state index in [0.29, 0.717) is 17.1 Å². The van der Waals surface area contributed by atoms with Crippen molar-refractivity contribution in [3.8, 4) is 11.5 Å². The van der Waals surface area contributed by atoms with E-state index in [1.165, 1.54) is 12.0 Å². The van der Waals surface area contributed by atoms with Crippen molar-refractivity contribution in [1.82, 2.24) is 5.32 Å². The van der Waals surface area contributed by atoms with Crippen LogP contribution in [-0.4, -0.2) is 46.2 Å². The Hall–Kier alpha value is -3.06. The Labute approximate surface area is 159 Å². The van der Waals surface area contributed by atoms with E-state index in [4.69, 9.17) is 15.2 Å². The monoisotopic (exact) mass is 372 g/mol. The highest BCUT2D eigenvalue weighted by molar-refractivity contribution is 5.95. The van der Waals surface area contributed by atoms with E-state index in [9.17, 15) is 9.59 Å². The minimum Gasteiger partial charge on any atom is -0.493 e. The summed E-state index contributed by atoms with van der Waals surface area (Å²) in [7, 11) is 5.54. The molecule has 2 aromatic carbocycles. The van der Waals surface area contributed by atoms with E-state index < -0.39 is 5.91 Å². The number of methoxy groups -OCH3 is 1. The predicted molar refractivity (Wildman–Crippen MR) is 102 cm³/mol. The first-order chi connectivity index (χ1) is 12.9. The molecular weight excluding hydrogens is 346 g/mol. The fraction of sp³-hybridized carbons (Fsp3) is 0.300. The molecule has 0 saturated heterocycles. The zero-order valence-electron chi connectivity index (χ0n) is 15.8. The highest BCUT2D eigenvalue weighted by Crippen LogP contribution is 2.28. The number of hydrogen-bond donors (Lipinski definition) is 3. The first-order valence-corrected chi connectivity index (χ1v) is 8.64. The number of hydrogen-bond acceptors (Lipinski definition) is 4. The van der Waals surface area contributed by atoms with Crippen molar-refractivity contribution < 1.29 is 24.0 Å². The van der Waals surface area contributed by atoms with Gasteiger partial charge in [0.15, 0.2) is 18.1 Å². The molecule has 27 heavy (non-hydrogen) atoms. The Morgan fingerprint density at radius 1 is 1.11 bits per heavy atom. The molecule has 0 bridgehead atoms. The van der Waals surface area contributed by atoms with Gasteiger partial charge in [-0.3, -0.25) is 9.59 Å². The van der Waals surface area contributed by atoms with Gasteiger partial charge >= 0.3 is 0 Å². The molecule has 0 radical (unpaired) electrons. The number of nitrogens with two attached hydrogens (primary N) is 1. The molecule has 7 nitrogen and oxygen atoms in total. The number of ether oxygens (including phenoxy) is 2. The molecule has 2 amide bonds. The highest BCUT2D eigenvalue weighted by atomic mass is 16.5. The predicted octanol–water partition coefficient (Wildman–Crippen LogP) is 0.175. The minimum absolute atomic E-state index is 0.125. The van der Waals surface area contributed by atoms with Crippen LogP contribution in [0.3, 0.4) is 0 Å². The van der Waals surface area contributed by atoms with Gasteiger partial charge in [-0.2, -0.15) is 0 Å². The first-order valence-electron chi connectivity index (χ1n) is 8.64. The molecule has 0 fully saturated rings. The molecule has 0 spiro atoms. The SMILES string of the molecule is COc1cc(C(=O)N[C@H](C[NH+](C)C)c2ccccc2)ccc1OCC(N)=O. The summed E-state index contributed by atoms with van der Waals surface area (Å²) in [4.78, 5) is 24.9. The molecule has 1 atom stereocenters. The summed E-state index contributed by atoms with van der Waals surface area (Å²) < 4.78 is 10.6. The number of primary amides is 1. The summed E-state index contributed by atoms with van der Waals surface area (Å²) in [5.41, 5.74) is 6.57. The van der Waals surface area contributed by atoms with Crippen molar-refractivity contribution in [1.29, 1.82) is 0 Å². The number of rotatable bonds is 9. The van der Waals surface area contributed by atoms with Gasteiger partial charge in [-0.15, -0.1) is 0 Å². The summed E-state index contributed by atoms with van der Waals surface area (Å²) in [6, 6.07) is 14.5. The summed E-state index contributed by atoms with van der Waals surface area (Å²) in [5, 5.41) is 3.07. The van der Waals surface area contributed by atoms with Gasteiger partial charge in [-0.1, -0.05) is 30.3 Å². The van der Waals surface area contributed by atoms with Crippen LogP contribution in [0.4, 0.5) is 0 Å². The lowest BCUT2D eigenvalue weighted by Gasteiger charge is -2.21. The molecule has 0 aliphatic heterocycles. The Kier molecular flexibility index (Phi) is 7.19. The summed E-state index contributed by atoms with van der Waals surface area (Å²) >= 11 is 0. The number of carbonyl (C=O) groups excluding carboxylic acids is 2. The number of nitrogens with one attached hydrogen (secondary N) is 2. The zero-order chi connectivity index (χ0) is 19.8. The zero-order valence-corrected chi connectivity index (χ0v) is 15.8. The molecule has 0 heterocycles. The van der Waals surface area contributed by atoms with Crippen LogP contribution in [-0.2, 0) is 4.79 Å². The van der Waals surface area contributed by atoms with E-state index in [1.807, 2.05) is 44.4 Å². The molecule has 2 rings (SSSR count). The smallest absolute Gasteiger partial charge is 0.255 e. The Morgan fingerprint density at radius 2 is 1.81 bits per heavy atom. The van der Waals surface area contributed by atoms with Crippen LogP contribution in [0.5, 0.6) is 11.5 Å². The van der Waals surface area contributed by atoms with Crippen LogP contribution < -0.4 is 25.4 Å². The van der Waals surface area contributed by atoms with Crippen LogP contribution in [0.15, 0.2) is 48.5 Å². The Balaban J connectivity index is 2.18. The summed E-state index contributed by atoms with van der Waals surface area (Å²) in [6.07, 6.45) is 0. The minimum atomic E-state index is -0.587. The fourth-order valence-corrected chi connectivity index (χ4v) is 2.66. The van der Waals surface area contributed by atoms with Gasteiger partial charge in [0.1, 0.15) is 12.6 Å². The summed E-state index contributed by atoms with van der Waals surface area (Å²) in [5.74, 6) is -0.0933. The molecule has 0 saturated carbocycles. The Morgan fingerprint density at radius 3 is 2.41 bits per heavy atom. The third-order valence-corrected chi connectivity index (χ3v) is 3.92.